The molecule has 4 aromatic rings. The minimum atomic E-state index is -0.0144. The molecule has 142 valence electrons. The third-order valence-electron chi connectivity index (χ3n) is 4.74. The smallest absolute Gasteiger partial charge is 0.224 e. The van der Waals surface area contributed by atoms with Gasteiger partial charge in [-0.1, -0.05) is 17.7 Å². The Hall–Kier alpha value is -3.55. The summed E-state index contributed by atoms with van der Waals surface area (Å²) in [5.74, 6) is 0.669. The second-order valence-electron chi connectivity index (χ2n) is 6.80. The van der Waals surface area contributed by atoms with Gasteiger partial charge in [0.15, 0.2) is 11.5 Å². The molecule has 0 spiro atoms. The van der Waals surface area contributed by atoms with Crippen molar-refractivity contribution in [1.29, 1.82) is 0 Å². The molecule has 1 N–H and O–H groups in total. The third-order valence-corrected chi connectivity index (χ3v) is 4.74. The van der Waals surface area contributed by atoms with Crippen LogP contribution in [0.3, 0.4) is 0 Å². The van der Waals surface area contributed by atoms with Gasteiger partial charge in [0, 0.05) is 17.8 Å². The van der Waals surface area contributed by atoms with Gasteiger partial charge >= 0.3 is 0 Å². The predicted molar refractivity (Wildman–Crippen MR) is 106 cm³/mol. The number of fused-ring (bicyclic) bond motifs is 1. The molecule has 0 radical (unpaired) electrons. The number of anilines is 1. The molecule has 0 aliphatic carbocycles. The van der Waals surface area contributed by atoms with Crippen molar-refractivity contribution in [2.45, 2.75) is 33.6 Å². The Morgan fingerprint density at radius 2 is 1.82 bits per heavy atom. The lowest BCUT2D eigenvalue weighted by molar-refractivity contribution is -0.116. The number of aryl methyl sites for hydroxylation is 2. The van der Waals surface area contributed by atoms with Gasteiger partial charge in [-0.3, -0.25) is 4.79 Å². The van der Waals surface area contributed by atoms with Gasteiger partial charge in [-0.2, -0.15) is 9.61 Å². The Morgan fingerprint density at radius 1 is 1.04 bits per heavy atom. The van der Waals surface area contributed by atoms with Crippen molar-refractivity contribution in [1.82, 2.24) is 29.6 Å². The Bertz CT molecular complexity index is 1140. The van der Waals surface area contributed by atoms with Crippen molar-refractivity contribution in [2.75, 3.05) is 5.32 Å². The highest BCUT2D eigenvalue weighted by Crippen LogP contribution is 2.19. The van der Waals surface area contributed by atoms with Crippen LogP contribution in [0.15, 0.2) is 42.7 Å². The van der Waals surface area contributed by atoms with Crippen molar-refractivity contribution in [3.05, 3.63) is 65.2 Å². The summed E-state index contributed by atoms with van der Waals surface area (Å²) in [4.78, 5) is 12.3. The lowest BCUT2D eigenvalue weighted by Gasteiger charge is -2.07. The fourth-order valence-electron chi connectivity index (χ4n) is 3.19. The zero-order chi connectivity index (χ0) is 19.7. The standard InChI is InChI=1S/C20H21N7O/c1-13-4-6-16(7-5-13)22-20(28)11-8-17-14(2)24-27(15(17)3)19-10-9-18-23-21-12-26(18)25-19/h4-7,9-10,12H,8,11H2,1-3H3,(H,22,28). The fourth-order valence-corrected chi connectivity index (χ4v) is 3.19. The molecule has 8 nitrogen and oxygen atoms in total. The molecule has 0 atom stereocenters. The second kappa shape index (κ2) is 7.22. The number of amides is 1. The molecule has 0 bridgehead atoms. The van der Waals surface area contributed by atoms with E-state index in [1.807, 2.05) is 57.2 Å². The van der Waals surface area contributed by atoms with Crippen LogP contribution in [0.25, 0.3) is 11.5 Å². The van der Waals surface area contributed by atoms with Crippen LogP contribution in [0.1, 0.15) is 28.9 Å². The van der Waals surface area contributed by atoms with E-state index in [9.17, 15) is 4.79 Å². The number of aromatic nitrogens is 6. The number of hydrogen-bond acceptors (Lipinski definition) is 5. The highest BCUT2D eigenvalue weighted by Gasteiger charge is 2.15. The van der Waals surface area contributed by atoms with Crippen LogP contribution in [0.4, 0.5) is 5.69 Å². The number of carbonyl (C=O) groups is 1. The summed E-state index contributed by atoms with van der Waals surface area (Å²) in [7, 11) is 0. The minimum Gasteiger partial charge on any atom is -0.326 e. The molecule has 0 saturated heterocycles. The Kier molecular flexibility index (Phi) is 4.60. The first-order valence-electron chi connectivity index (χ1n) is 9.10. The molecule has 0 aliphatic rings. The van der Waals surface area contributed by atoms with E-state index >= 15 is 0 Å². The van der Waals surface area contributed by atoms with Gasteiger partial charge in [0.1, 0.15) is 6.33 Å². The summed E-state index contributed by atoms with van der Waals surface area (Å²) < 4.78 is 3.41. The molecule has 8 heteroatoms. The van der Waals surface area contributed by atoms with E-state index in [4.69, 9.17) is 0 Å². The third kappa shape index (κ3) is 3.48. The Morgan fingerprint density at radius 3 is 2.61 bits per heavy atom. The minimum absolute atomic E-state index is 0.0144. The molecule has 0 aliphatic heterocycles. The largest absolute Gasteiger partial charge is 0.326 e. The summed E-state index contributed by atoms with van der Waals surface area (Å²) in [5, 5.41) is 19.9. The average molecular weight is 375 g/mol. The molecular weight excluding hydrogens is 354 g/mol. The lowest BCUT2D eigenvalue weighted by Crippen LogP contribution is -2.12. The van der Waals surface area contributed by atoms with Crippen molar-refractivity contribution >= 4 is 17.2 Å². The molecule has 0 unspecified atom stereocenters. The van der Waals surface area contributed by atoms with Crippen molar-refractivity contribution in [3.63, 3.8) is 0 Å². The second-order valence-corrected chi connectivity index (χ2v) is 6.80. The van der Waals surface area contributed by atoms with Crippen LogP contribution in [-0.2, 0) is 11.2 Å². The van der Waals surface area contributed by atoms with Crippen molar-refractivity contribution in [3.8, 4) is 5.82 Å². The zero-order valence-electron chi connectivity index (χ0n) is 16.0. The van der Waals surface area contributed by atoms with Crippen molar-refractivity contribution in [2.24, 2.45) is 0 Å². The van der Waals surface area contributed by atoms with Gasteiger partial charge in [-0.15, -0.1) is 15.3 Å². The maximum absolute atomic E-state index is 12.3. The van der Waals surface area contributed by atoms with Crippen LogP contribution in [0, 0.1) is 20.8 Å². The molecule has 28 heavy (non-hydrogen) atoms. The zero-order valence-corrected chi connectivity index (χ0v) is 16.0. The van der Waals surface area contributed by atoms with Crippen LogP contribution in [-0.4, -0.2) is 35.5 Å². The maximum atomic E-state index is 12.3. The summed E-state index contributed by atoms with van der Waals surface area (Å²) in [6, 6.07) is 11.5. The number of carbonyl (C=O) groups excluding carboxylic acids is 1. The van der Waals surface area contributed by atoms with Crippen LogP contribution >= 0.6 is 0 Å². The average Bonchev–Trinajstić information content (AvgIpc) is 3.26. The number of nitrogens with one attached hydrogen (secondary N) is 1. The maximum Gasteiger partial charge on any atom is 0.224 e. The van der Waals surface area contributed by atoms with Gasteiger partial charge in [0.2, 0.25) is 5.91 Å². The Labute approximate surface area is 162 Å². The van der Waals surface area contributed by atoms with E-state index in [0.29, 0.717) is 24.3 Å². The molecular formula is C20H21N7O. The Balaban J connectivity index is 1.49. The summed E-state index contributed by atoms with van der Waals surface area (Å²) in [5.41, 5.74) is 5.58. The topological polar surface area (TPSA) is 90.0 Å². The molecule has 1 amide bonds. The molecule has 0 fully saturated rings. The monoisotopic (exact) mass is 375 g/mol. The lowest BCUT2D eigenvalue weighted by atomic mass is 10.1. The van der Waals surface area contributed by atoms with Crippen LogP contribution in [0.5, 0.6) is 0 Å². The van der Waals surface area contributed by atoms with Gasteiger partial charge in [0.25, 0.3) is 0 Å². The highest BCUT2D eigenvalue weighted by atomic mass is 16.1. The van der Waals surface area contributed by atoms with E-state index in [-0.39, 0.29) is 5.91 Å². The predicted octanol–water partition coefficient (Wildman–Crippen LogP) is 2.81. The van der Waals surface area contributed by atoms with Crippen LogP contribution in [0.2, 0.25) is 0 Å². The number of rotatable bonds is 5. The number of benzene rings is 1. The van der Waals surface area contributed by atoms with Gasteiger partial charge in [-0.25, -0.2) is 4.68 Å². The SMILES string of the molecule is Cc1ccc(NC(=O)CCc2c(C)nn(-c3ccc4nncn4n3)c2C)cc1. The van der Waals surface area contributed by atoms with E-state index in [0.717, 1.165) is 28.2 Å². The first kappa shape index (κ1) is 17.8. The summed E-state index contributed by atoms with van der Waals surface area (Å²) in [6.07, 6.45) is 2.56. The number of hydrogen-bond donors (Lipinski definition) is 1. The van der Waals surface area contributed by atoms with E-state index in [1.165, 1.54) is 0 Å². The normalized spacial score (nSPS) is 11.1. The molecule has 1 aromatic carbocycles. The molecule has 3 aromatic heterocycles. The quantitative estimate of drug-likeness (QED) is 0.579. The van der Waals surface area contributed by atoms with Crippen molar-refractivity contribution < 1.29 is 4.79 Å². The van der Waals surface area contributed by atoms with Gasteiger partial charge < -0.3 is 5.32 Å². The van der Waals surface area contributed by atoms with Crippen LogP contribution < -0.4 is 5.32 Å². The summed E-state index contributed by atoms with van der Waals surface area (Å²) in [6.45, 7) is 5.96. The van der Waals surface area contributed by atoms with E-state index in [2.05, 4.69) is 25.7 Å². The first-order valence-corrected chi connectivity index (χ1v) is 9.10. The summed E-state index contributed by atoms with van der Waals surface area (Å²) >= 11 is 0. The van der Waals surface area contributed by atoms with E-state index < -0.39 is 0 Å². The molecule has 0 saturated carbocycles. The molecule has 4 rings (SSSR count). The molecule has 3 heterocycles. The first-order chi connectivity index (χ1) is 13.5. The number of nitrogens with zero attached hydrogens (tertiary/aromatic N) is 6. The highest BCUT2D eigenvalue weighted by molar-refractivity contribution is 5.90. The van der Waals surface area contributed by atoms with Gasteiger partial charge in [-0.05, 0) is 57.0 Å². The van der Waals surface area contributed by atoms with E-state index in [1.54, 1.807) is 15.5 Å². The van der Waals surface area contributed by atoms with Gasteiger partial charge in [0.05, 0.1) is 5.69 Å². The fraction of sp³-hybridized carbons (Fsp3) is 0.250.